The Labute approximate surface area is 122 Å². The van der Waals surface area contributed by atoms with Crippen LogP contribution in [0.4, 0.5) is 5.82 Å². The molecule has 0 aliphatic rings. The number of nitrogens with two attached hydrogens (primary N) is 1. The maximum atomic E-state index is 12.2. The summed E-state index contributed by atoms with van der Waals surface area (Å²) in [6, 6.07) is 8.48. The molecule has 1 aromatic carbocycles. The van der Waals surface area contributed by atoms with Crippen LogP contribution in [-0.4, -0.2) is 25.1 Å². The van der Waals surface area contributed by atoms with Gasteiger partial charge in [-0.2, -0.15) is 0 Å². The van der Waals surface area contributed by atoms with E-state index in [0.717, 1.165) is 5.56 Å². The van der Waals surface area contributed by atoms with Gasteiger partial charge in [0.15, 0.2) is 0 Å². The SMILES string of the molecule is COc1cc(OC)cc(C(=O)Nc2ccc(CN)cn2)c1. The Morgan fingerprint density at radius 2 is 1.86 bits per heavy atom. The second-order valence-corrected chi connectivity index (χ2v) is 4.31. The first kappa shape index (κ1) is 14.8. The standard InChI is InChI=1S/C15H17N3O3/c1-20-12-5-11(6-13(7-12)21-2)15(19)18-14-4-3-10(8-16)9-17-14/h3-7,9H,8,16H2,1-2H3,(H,17,18,19). The molecule has 0 radical (unpaired) electrons. The van der Waals surface area contributed by atoms with Crippen LogP contribution in [0.15, 0.2) is 36.5 Å². The Bertz CT molecular complexity index is 604. The van der Waals surface area contributed by atoms with Crippen molar-refractivity contribution in [1.82, 2.24) is 4.98 Å². The summed E-state index contributed by atoms with van der Waals surface area (Å²) in [7, 11) is 3.06. The summed E-state index contributed by atoms with van der Waals surface area (Å²) in [5.41, 5.74) is 6.83. The first-order valence-corrected chi connectivity index (χ1v) is 6.35. The molecular formula is C15H17N3O3. The fourth-order valence-corrected chi connectivity index (χ4v) is 1.75. The van der Waals surface area contributed by atoms with Crippen LogP contribution in [0, 0.1) is 0 Å². The number of amides is 1. The molecule has 0 unspecified atom stereocenters. The van der Waals surface area contributed by atoms with Crippen LogP contribution in [0.5, 0.6) is 11.5 Å². The monoisotopic (exact) mass is 287 g/mol. The quantitative estimate of drug-likeness (QED) is 0.875. The van der Waals surface area contributed by atoms with Gasteiger partial charge in [-0.25, -0.2) is 4.98 Å². The fraction of sp³-hybridized carbons (Fsp3) is 0.200. The van der Waals surface area contributed by atoms with Crippen molar-refractivity contribution in [2.75, 3.05) is 19.5 Å². The number of pyridine rings is 1. The predicted molar refractivity (Wildman–Crippen MR) is 79.6 cm³/mol. The molecule has 0 atom stereocenters. The van der Waals surface area contributed by atoms with Crippen molar-refractivity contribution in [3.05, 3.63) is 47.7 Å². The Hall–Kier alpha value is -2.60. The van der Waals surface area contributed by atoms with E-state index >= 15 is 0 Å². The number of carbonyl (C=O) groups excluding carboxylic acids is 1. The lowest BCUT2D eigenvalue weighted by atomic mass is 10.2. The molecule has 0 saturated heterocycles. The lowest BCUT2D eigenvalue weighted by molar-refractivity contribution is 0.102. The Kier molecular flexibility index (Phi) is 4.73. The van der Waals surface area contributed by atoms with E-state index in [4.69, 9.17) is 15.2 Å². The second-order valence-electron chi connectivity index (χ2n) is 4.31. The fourth-order valence-electron chi connectivity index (χ4n) is 1.75. The molecule has 0 spiro atoms. The number of nitrogens with zero attached hydrogens (tertiary/aromatic N) is 1. The Morgan fingerprint density at radius 3 is 2.33 bits per heavy atom. The molecule has 6 nitrogen and oxygen atoms in total. The molecule has 1 amide bonds. The number of rotatable bonds is 5. The number of carbonyl (C=O) groups is 1. The van der Waals surface area contributed by atoms with Crippen molar-refractivity contribution in [3.8, 4) is 11.5 Å². The maximum absolute atomic E-state index is 12.2. The molecule has 0 aliphatic carbocycles. The topological polar surface area (TPSA) is 86.5 Å². The second kappa shape index (κ2) is 6.71. The third kappa shape index (κ3) is 3.70. The average Bonchev–Trinajstić information content (AvgIpc) is 2.54. The summed E-state index contributed by atoms with van der Waals surface area (Å²) in [6.07, 6.45) is 1.63. The smallest absolute Gasteiger partial charge is 0.257 e. The largest absolute Gasteiger partial charge is 0.497 e. The number of anilines is 1. The van der Waals surface area contributed by atoms with Crippen LogP contribution in [-0.2, 0) is 6.54 Å². The van der Waals surface area contributed by atoms with Crippen LogP contribution >= 0.6 is 0 Å². The molecule has 0 bridgehead atoms. The average molecular weight is 287 g/mol. The minimum atomic E-state index is -0.291. The molecule has 1 aromatic heterocycles. The van der Waals surface area contributed by atoms with Crippen LogP contribution in [0.25, 0.3) is 0 Å². The molecule has 2 aromatic rings. The molecule has 21 heavy (non-hydrogen) atoms. The summed E-state index contributed by atoms with van der Waals surface area (Å²) < 4.78 is 10.3. The van der Waals surface area contributed by atoms with E-state index in [1.807, 2.05) is 6.07 Å². The minimum absolute atomic E-state index is 0.291. The lowest BCUT2D eigenvalue weighted by Crippen LogP contribution is -2.13. The van der Waals surface area contributed by atoms with Gasteiger partial charge in [0, 0.05) is 24.4 Å². The van der Waals surface area contributed by atoms with Crippen LogP contribution < -0.4 is 20.5 Å². The van der Waals surface area contributed by atoms with Gasteiger partial charge in [0.2, 0.25) is 0 Å². The summed E-state index contributed by atoms with van der Waals surface area (Å²) in [6.45, 7) is 0.411. The lowest BCUT2D eigenvalue weighted by Gasteiger charge is -2.09. The van der Waals surface area contributed by atoms with Crippen LogP contribution in [0.2, 0.25) is 0 Å². The van der Waals surface area contributed by atoms with Crippen molar-refractivity contribution in [2.45, 2.75) is 6.54 Å². The zero-order valence-electron chi connectivity index (χ0n) is 11.9. The van der Waals surface area contributed by atoms with E-state index < -0.39 is 0 Å². The first-order valence-electron chi connectivity index (χ1n) is 6.35. The van der Waals surface area contributed by atoms with Gasteiger partial charge in [0.05, 0.1) is 14.2 Å². The molecule has 110 valence electrons. The van der Waals surface area contributed by atoms with Gasteiger partial charge in [-0.1, -0.05) is 6.07 Å². The summed E-state index contributed by atoms with van der Waals surface area (Å²) in [4.78, 5) is 16.3. The van der Waals surface area contributed by atoms with E-state index in [2.05, 4.69) is 10.3 Å². The highest BCUT2D eigenvalue weighted by atomic mass is 16.5. The highest BCUT2D eigenvalue weighted by Crippen LogP contribution is 2.23. The third-order valence-corrected chi connectivity index (χ3v) is 2.92. The van der Waals surface area contributed by atoms with E-state index in [1.54, 1.807) is 30.5 Å². The van der Waals surface area contributed by atoms with Gasteiger partial charge in [0.1, 0.15) is 17.3 Å². The Morgan fingerprint density at radius 1 is 1.19 bits per heavy atom. The van der Waals surface area contributed by atoms with Crippen molar-refractivity contribution in [2.24, 2.45) is 5.73 Å². The zero-order valence-corrected chi connectivity index (χ0v) is 11.9. The highest BCUT2D eigenvalue weighted by molar-refractivity contribution is 6.04. The van der Waals surface area contributed by atoms with Crippen molar-refractivity contribution in [3.63, 3.8) is 0 Å². The molecule has 2 rings (SSSR count). The first-order chi connectivity index (χ1) is 10.2. The number of nitrogens with one attached hydrogen (secondary N) is 1. The molecule has 0 saturated carbocycles. The number of ether oxygens (including phenoxy) is 2. The predicted octanol–water partition coefficient (Wildman–Crippen LogP) is 1.81. The number of methoxy groups -OCH3 is 2. The number of aromatic nitrogens is 1. The van der Waals surface area contributed by atoms with Gasteiger partial charge in [-0.15, -0.1) is 0 Å². The van der Waals surface area contributed by atoms with Crippen molar-refractivity contribution >= 4 is 11.7 Å². The number of benzene rings is 1. The number of hydrogen-bond donors (Lipinski definition) is 2. The van der Waals surface area contributed by atoms with E-state index in [0.29, 0.717) is 29.4 Å². The van der Waals surface area contributed by atoms with E-state index in [9.17, 15) is 4.79 Å². The van der Waals surface area contributed by atoms with Gasteiger partial charge >= 0.3 is 0 Å². The number of hydrogen-bond acceptors (Lipinski definition) is 5. The van der Waals surface area contributed by atoms with Gasteiger partial charge in [-0.05, 0) is 23.8 Å². The van der Waals surface area contributed by atoms with Gasteiger partial charge in [0.25, 0.3) is 5.91 Å². The molecule has 1 heterocycles. The Balaban J connectivity index is 2.18. The van der Waals surface area contributed by atoms with Crippen molar-refractivity contribution < 1.29 is 14.3 Å². The molecule has 0 fully saturated rings. The van der Waals surface area contributed by atoms with E-state index in [-0.39, 0.29) is 5.91 Å². The zero-order chi connectivity index (χ0) is 15.2. The minimum Gasteiger partial charge on any atom is -0.497 e. The summed E-state index contributed by atoms with van der Waals surface area (Å²) in [5.74, 6) is 1.26. The molecule has 3 N–H and O–H groups in total. The van der Waals surface area contributed by atoms with Crippen LogP contribution in [0.3, 0.4) is 0 Å². The highest BCUT2D eigenvalue weighted by Gasteiger charge is 2.10. The normalized spacial score (nSPS) is 10.0. The molecule has 6 heteroatoms. The molecule has 0 aliphatic heterocycles. The van der Waals surface area contributed by atoms with Crippen molar-refractivity contribution in [1.29, 1.82) is 0 Å². The molecular weight excluding hydrogens is 270 g/mol. The maximum Gasteiger partial charge on any atom is 0.257 e. The summed E-state index contributed by atoms with van der Waals surface area (Å²) in [5, 5.41) is 2.71. The van der Waals surface area contributed by atoms with Gasteiger partial charge in [-0.3, -0.25) is 4.79 Å². The summed E-state index contributed by atoms with van der Waals surface area (Å²) >= 11 is 0. The van der Waals surface area contributed by atoms with Gasteiger partial charge < -0.3 is 20.5 Å². The van der Waals surface area contributed by atoms with Crippen LogP contribution in [0.1, 0.15) is 15.9 Å². The third-order valence-electron chi connectivity index (χ3n) is 2.92. The van der Waals surface area contributed by atoms with E-state index in [1.165, 1.54) is 14.2 Å².